The molecule has 0 bridgehead atoms. The lowest BCUT2D eigenvalue weighted by molar-refractivity contribution is -0.0206. The SMILES string of the molecule is CN1CCN2CCN(C3CC4(CCCCCCCCC4)NCC3NC(=O)c3c(N)nn4cc(Cl)cnc34)CC2C1. The van der Waals surface area contributed by atoms with Crippen molar-refractivity contribution in [2.24, 2.45) is 0 Å². The first-order valence-electron chi connectivity index (χ1n) is 15.4. The summed E-state index contributed by atoms with van der Waals surface area (Å²) in [5.74, 6) is -0.0349. The monoisotopic (exact) mass is 571 g/mol. The molecule has 4 fully saturated rings. The van der Waals surface area contributed by atoms with Gasteiger partial charge in [0.2, 0.25) is 0 Å². The maximum absolute atomic E-state index is 13.8. The molecule has 4 N–H and O–H groups in total. The van der Waals surface area contributed by atoms with E-state index in [1.54, 1.807) is 6.20 Å². The van der Waals surface area contributed by atoms with E-state index in [9.17, 15) is 4.79 Å². The van der Waals surface area contributed by atoms with Crippen LogP contribution in [-0.4, -0.2) is 112 Å². The first-order valence-corrected chi connectivity index (χ1v) is 15.8. The fraction of sp³-hybridized carbons (Fsp3) is 0.759. The summed E-state index contributed by atoms with van der Waals surface area (Å²) in [5, 5.41) is 12.1. The van der Waals surface area contributed by atoms with E-state index in [1.807, 2.05) is 0 Å². The highest BCUT2D eigenvalue weighted by Gasteiger charge is 2.45. The number of fused-ring (bicyclic) bond motifs is 2. The summed E-state index contributed by atoms with van der Waals surface area (Å²) in [5.41, 5.74) is 7.14. The van der Waals surface area contributed by atoms with Gasteiger partial charge in [0.15, 0.2) is 11.5 Å². The zero-order chi connectivity index (χ0) is 27.7. The second kappa shape index (κ2) is 12.1. The van der Waals surface area contributed by atoms with Crippen molar-refractivity contribution >= 4 is 29.0 Å². The van der Waals surface area contributed by atoms with E-state index in [2.05, 4.69) is 42.5 Å². The smallest absolute Gasteiger partial charge is 0.259 e. The van der Waals surface area contributed by atoms with Crippen LogP contribution in [0.3, 0.4) is 0 Å². The van der Waals surface area contributed by atoms with Crippen LogP contribution in [0, 0.1) is 0 Å². The molecule has 2 aromatic rings. The van der Waals surface area contributed by atoms with Gasteiger partial charge in [-0.15, -0.1) is 5.10 Å². The Morgan fingerprint density at radius 2 is 1.75 bits per heavy atom. The molecule has 4 aliphatic rings. The van der Waals surface area contributed by atoms with Crippen molar-refractivity contribution in [3.8, 4) is 0 Å². The number of amides is 1. The number of carbonyl (C=O) groups excluding carboxylic acids is 1. The van der Waals surface area contributed by atoms with Gasteiger partial charge < -0.3 is 21.3 Å². The molecule has 220 valence electrons. The summed E-state index contributed by atoms with van der Waals surface area (Å²) in [6, 6.07) is 0.791. The molecule has 6 rings (SSSR count). The van der Waals surface area contributed by atoms with Gasteiger partial charge in [-0.2, -0.15) is 0 Å². The third-order valence-corrected chi connectivity index (χ3v) is 10.2. The molecule has 1 saturated carbocycles. The number of nitrogens with one attached hydrogen (secondary N) is 2. The summed E-state index contributed by atoms with van der Waals surface area (Å²) in [4.78, 5) is 26.0. The molecule has 11 heteroatoms. The Kier molecular flexibility index (Phi) is 8.51. The van der Waals surface area contributed by atoms with Gasteiger partial charge in [0.25, 0.3) is 5.91 Å². The molecule has 0 radical (unpaired) electrons. The third-order valence-electron chi connectivity index (χ3n) is 9.98. The Morgan fingerprint density at radius 3 is 2.52 bits per heavy atom. The van der Waals surface area contributed by atoms with Gasteiger partial charge in [-0.1, -0.05) is 56.5 Å². The number of halogens is 1. The number of rotatable bonds is 3. The Morgan fingerprint density at radius 1 is 1.05 bits per heavy atom. The number of nitrogens with zero attached hydrogens (tertiary/aromatic N) is 6. The van der Waals surface area contributed by atoms with Crippen LogP contribution in [-0.2, 0) is 0 Å². The average Bonchev–Trinajstić information content (AvgIpc) is 3.27. The molecule has 5 heterocycles. The van der Waals surface area contributed by atoms with Crippen LogP contribution in [0.25, 0.3) is 5.65 Å². The first-order chi connectivity index (χ1) is 19.4. The molecule has 3 saturated heterocycles. The molecular formula is C29H46ClN9O. The van der Waals surface area contributed by atoms with Gasteiger partial charge in [-0.05, 0) is 26.3 Å². The number of hydrogen-bond donors (Lipinski definition) is 3. The Bertz CT molecular complexity index is 1180. The molecule has 1 amide bonds. The van der Waals surface area contributed by atoms with E-state index >= 15 is 0 Å². The van der Waals surface area contributed by atoms with Crippen molar-refractivity contribution in [2.45, 2.75) is 87.9 Å². The highest BCUT2D eigenvalue weighted by atomic mass is 35.5. The second-order valence-electron chi connectivity index (χ2n) is 12.7. The van der Waals surface area contributed by atoms with Gasteiger partial charge in [-0.3, -0.25) is 14.6 Å². The van der Waals surface area contributed by atoms with E-state index in [4.69, 9.17) is 17.3 Å². The fourth-order valence-corrected chi connectivity index (χ4v) is 7.89. The quantitative estimate of drug-likeness (QED) is 0.516. The number of nitrogen functional groups attached to an aromatic ring is 1. The highest BCUT2D eigenvalue weighted by Crippen LogP contribution is 2.35. The minimum absolute atomic E-state index is 0.0250. The largest absolute Gasteiger partial charge is 0.381 e. The second-order valence-corrected chi connectivity index (χ2v) is 13.2. The minimum atomic E-state index is -0.211. The van der Waals surface area contributed by atoms with Gasteiger partial charge in [0.1, 0.15) is 5.56 Å². The molecule has 3 unspecified atom stereocenters. The van der Waals surface area contributed by atoms with Crippen molar-refractivity contribution in [1.82, 2.24) is 39.9 Å². The van der Waals surface area contributed by atoms with E-state index < -0.39 is 0 Å². The lowest BCUT2D eigenvalue weighted by atomic mass is 9.75. The summed E-state index contributed by atoms with van der Waals surface area (Å²) in [6.07, 6.45) is 16.0. The van der Waals surface area contributed by atoms with Gasteiger partial charge >= 0.3 is 0 Å². The zero-order valence-electron chi connectivity index (χ0n) is 24.0. The van der Waals surface area contributed by atoms with Crippen LogP contribution in [0.1, 0.15) is 74.6 Å². The van der Waals surface area contributed by atoms with E-state index in [-0.39, 0.29) is 29.3 Å². The third kappa shape index (κ3) is 5.97. The maximum atomic E-state index is 13.8. The van der Waals surface area contributed by atoms with Crippen LogP contribution >= 0.6 is 11.6 Å². The van der Waals surface area contributed by atoms with Crippen molar-refractivity contribution in [3.63, 3.8) is 0 Å². The molecule has 2 aromatic heterocycles. The predicted molar refractivity (Wildman–Crippen MR) is 159 cm³/mol. The van der Waals surface area contributed by atoms with Gasteiger partial charge in [0, 0.05) is 69.6 Å². The number of anilines is 1. The molecule has 3 atom stereocenters. The number of nitrogens with two attached hydrogens (primary N) is 1. The highest BCUT2D eigenvalue weighted by molar-refractivity contribution is 6.30. The lowest BCUT2D eigenvalue weighted by Crippen LogP contribution is -2.70. The fourth-order valence-electron chi connectivity index (χ4n) is 7.75. The van der Waals surface area contributed by atoms with Crippen molar-refractivity contribution in [1.29, 1.82) is 0 Å². The Balaban J connectivity index is 1.25. The number of carbonyl (C=O) groups is 1. The molecule has 1 spiro atoms. The van der Waals surface area contributed by atoms with Crippen LogP contribution in [0.15, 0.2) is 12.4 Å². The van der Waals surface area contributed by atoms with Crippen molar-refractivity contribution in [2.75, 3.05) is 58.6 Å². The minimum Gasteiger partial charge on any atom is -0.381 e. The summed E-state index contributed by atoms with van der Waals surface area (Å²) < 4.78 is 1.50. The number of piperidine rings is 1. The summed E-state index contributed by atoms with van der Waals surface area (Å²) in [7, 11) is 2.24. The standard InChI is InChI=1S/C29H46ClN9O/c1-36-11-12-37-13-14-38(20-22(37)19-36)24-15-29(9-7-5-3-2-4-6-8-10-29)33-17-23(24)34-28(40)25-26(31)35-39-18-21(30)16-32-27(25)39/h16,18,22-24,33H,2-15,17,19-20H2,1H3,(H2,31,35)(H,34,40). The normalized spacial score (nSPS) is 29.3. The predicted octanol–water partition coefficient (Wildman–Crippen LogP) is 2.62. The molecule has 40 heavy (non-hydrogen) atoms. The van der Waals surface area contributed by atoms with Crippen molar-refractivity contribution in [3.05, 3.63) is 23.0 Å². The van der Waals surface area contributed by atoms with Crippen LogP contribution in [0.4, 0.5) is 5.82 Å². The molecule has 10 nitrogen and oxygen atoms in total. The summed E-state index contributed by atoms with van der Waals surface area (Å²) in [6.45, 7) is 7.36. The van der Waals surface area contributed by atoms with Gasteiger partial charge in [0.05, 0.1) is 17.3 Å². The zero-order valence-corrected chi connectivity index (χ0v) is 24.7. The average molecular weight is 572 g/mol. The number of aromatic nitrogens is 3. The maximum Gasteiger partial charge on any atom is 0.259 e. The van der Waals surface area contributed by atoms with Crippen LogP contribution in [0.5, 0.6) is 0 Å². The van der Waals surface area contributed by atoms with Crippen LogP contribution < -0.4 is 16.4 Å². The molecular weight excluding hydrogens is 526 g/mol. The van der Waals surface area contributed by atoms with Crippen LogP contribution in [0.2, 0.25) is 5.02 Å². The molecule has 3 aliphatic heterocycles. The topological polar surface area (TPSA) is 107 Å². The number of likely N-dealkylation sites (N-methyl/N-ethyl adjacent to an activating group) is 1. The molecule has 0 aromatic carbocycles. The number of hydrogen-bond acceptors (Lipinski definition) is 8. The Hall–Kier alpha value is -1.98. The lowest BCUT2D eigenvalue weighted by Gasteiger charge is -2.54. The molecule has 1 aliphatic carbocycles. The van der Waals surface area contributed by atoms with E-state index in [1.165, 1.54) is 68.5 Å². The van der Waals surface area contributed by atoms with E-state index in [0.717, 1.165) is 52.2 Å². The van der Waals surface area contributed by atoms with Crippen molar-refractivity contribution < 1.29 is 4.79 Å². The number of piperazine rings is 2. The van der Waals surface area contributed by atoms with Gasteiger partial charge in [-0.25, -0.2) is 9.50 Å². The first kappa shape index (κ1) is 28.2. The summed E-state index contributed by atoms with van der Waals surface area (Å²) >= 11 is 6.11. The van der Waals surface area contributed by atoms with E-state index in [0.29, 0.717) is 22.3 Å². The Labute approximate surface area is 243 Å².